The van der Waals surface area contributed by atoms with Crippen molar-refractivity contribution in [2.75, 3.05) is 0 Å². The van der Waals surface area contributed by atoms with Gasteiger partial charge in [-0.2, -0.15) is 0 Å². The predicted molar refractivity (Wildman–Crippen MR) is 78.8 cm³/mol. The molecule has 1 aliphatic carbocycles. The first-order valence-corrected chi connectivity index (χ1v) is 7.37. The Hall–Kier alpha value is -1.54. The monoisotopic (exact) mass is 290 g/mol. The molecule has 0 heterocycles. The number of hydrogen-bond donors (Lipinski definition) is 0. The van der Waals surface area contributed by atoms with Crippen LogP contribution in [0, 0.1) is 5.82 Å². The lowest BCUT2D eigenvalue weighted by molar-refractivity contribution is 0.304. The maximum atomic E-state index is 13.4. The minimum absolute atomic E-state index is 0.285. The molecule has 3 rings (SSSR count). The lowest BCUT2D eigenvalue weighted by Crippen LogP contribution is -1.98. The molecule has 0 spiro atoms. The fraction of sp³-hybridized carbons (Fsp3) is 0.294. The van der Waals surface area contributed by atoms with Gasteiger partial charge in [0.05, 0.1) is 0 Å². The van der Waals surface area contributed by atoms with Crippen LogP contribution in [0.25, 0.3) is 0 Å². The standard InChI is InChI=1S/C17H16ClFO/c18-10-13-7-16(19)9-17(8-13)20-11-12-4-5-14-2-1-3-15(14)6-12/h4-9H,1-3,10-11H2. The molecule has 0 radical (unpaired) electrons. The van der Waals surface area contributed by atoms with Gasteiger partial charge in [0.1, 0.15) is 18.2 Å². The number of benzene rings is 2. The van der Waals surface area contributed by atoms with Crippen molar-refractivity contribution >= 4 is 11.6 Å². The summed E-state index contributed by atoms with van der Waals surface area (Å²) in [6, 6.07) is 11.1. The van der Waals surface area contributed by atoms with Crippen molar-refractivity contribution in [3.63, 3.8) is 0 Å². The van der Waals surface area contributed by atoms with Crippen LogP contribution in [0.5, 0.6) is 5.75 Å². The van der Waals surface area contributed by atoms with E-state index < -0.39 is 0 Å². The van der Waals surface area contributed by atoms with Crippen LogP contribution in [0.2, 0.25) is 0 Å². The maximum absolute atomic E-state index is 13.4. The molecular formula is C17H16ClFO. The second-order valence-corrected chi connectivity index (χ2v) is 5.44. The first-order chi connectivity index (χ1) is 9.74. The van der Waals surface area contributed by atoms with Gasteiger partial charge in [0.25, 0.3) is 0 Å². The lowest BCUT2D eigenvalue weighted by atomic mass is 10.1. The molecule has 20 heavy (non-hydrogen) atoms. The molecule has 0 fully saturated rings. The number of aryl methyl sites for hydroxylation is 2. The molecule has 0 bridgehead atoms. The summed E-state index contributed by atoms with van der Waals surface area (Å²) >= 11 is 5.73. The molecule has 3 heteroatoms. The first-order valence-electron chi connectivity index (χ1n) is 6.83. The highest BCUT2D eigenvalue weighted by molar-refractivity contribution is 6.17. The molecule has 0 atom stereocenters. The van der Waals surface area contributed by atoms with Crippen molar-refractivity contribution in [1.82, 2.24) is 0 Å². The third-order valence-electron chi connectivity index (χ3n) is 3.65. The number of ether oxygens (including phenoxy) is 1. The van der Waals surface area contributed by atoms with Gasteiger partial charge in [-0.05, 0) is 53.6 Å². The summed E-state index contributed by atoms with van der Waals surface area (Å²) in [5.41, 5.74) is 4.73. The van der Waals surface area contributed by atoms with E-state index in [1.807, 2.05) is 0 Å². The molecule has 0 aromatic heterocycles. The number of hydrogen-bond acceptors (Lipinski definition) is 1. The highest BCUT2D eigenvalue weighted by Gasteiger charge is 2.11. The van der Waals surface area contributed by atoms with Gasteiger partial charge in [-0.1, -0.05) is 18.2 Å². The Balaban J connectivity index is 1.71. The molecule has 0 saturated heterocycles. The van der Waals surface area contributed by atoms with Gasteiger partial charge >= 0.3 is 0 Å². The van der Waals surface area contributed by atoms with E-state index in [2.05, 4.69) is 18.2 Å². The van der Waals surface area contributed by atoms with E-state index >= 15 is 0 Å². The maximum Gasteiger partial charge on any atom is 0.127 e. The Morgan fingerprint density at radius 3 is 2.70 bits per heavy atom. The zero-order valence-electron chi connectivity index (χ0n) is 11.2. The van der Waals surface area contributed by atoms with E-state index in [-0.39, 0.29) is 11.7 Å². The second-order valence-electron chi connectivity index (χ2n) is 5.17. The quantitative estimate of drug-likeness (QED) is 0.746. The highest BCUT2D eigenvalue weighted by atomic mass is 35.5. The first kappa shape index (κ1) is 13.4. The van der Waals surface area contributed by atoms with Gasteiger partial charge < -0.3 is 4.74 Å². The molecule has 1 aliphatic rings. The van der Waals surface area contributed by atoms with Crippen LogP contribution in [-0.4, -0.2) is 0 Å². The molecule has 1 nitrogen and oxygen atoms in total. The van der Waals surface area contributed by atoms with Gasteiger partial charge in [0, 0.05) is 11.9 Å². The molecular weight excluding hydrogens is 275 g/mol. The van der Waals surface area contributed by atoms with E-state index in [4.69, 9.17) is 16.3 Å². The SMILES string of the molecule is Fc1cc(CCl)cc(OCc2ccc3c(c2)CCC3)c1. The van der Waals surface area contributed by atoms with Crippen molar-refractivity contribution in [2.45, 2.75) is 31.7 Å². The van der Waals surface area contributed by atoms with Gasteiger partial charge in [-0.3, -0.25) is 0 Å². The van der Waals surface area contributed by atoms with Crippen LogP contribution in [0.3, 0.4) is 0 Å². The summed E-state index contributed by atoms with van der Waals surface area (Å²) in [6.07, 6.45) is 3.57. The van der Waals surface area contributed by atoms with Gasteiger partial charge in [0.15, 0.2) is 0 Å². The Labute approximate surface area is 123 Å². The summed E-state index contributed by atoms with van der Waals surface area (Å²) in [5, 5.41) is 0. The normalized spacial score (nSPS) is 13.3. The fourth-order valence-electron chi connectivity index (χ4n) is 2.66. The largest absolute Gasteiger partial charge is 0.489 e. The highest BCUT2D eigenvalue weighted by Crippen LogP contribution is 2.24. The average Bonchev–Trinajstić information content (AvgIpc) is 2.92. The molecule has 0 aliphatic heterocycles. The predicted octanol–water partition coefficient (Wildman–Crippen LogP) is 4.63. The smallest absolute Gasteiger partial charge is 0.127 e. The molecule has 0 N–H and O–H groups in total. The van der Waals surface area contributed by atoms with Crippen LogP contribution < -0.4 is 4.74 Å². The van der Waals surface area contributed by atoms with E-state index in [9.17, 15) is 4.39 Å². The number of halogens is 2. The van der Waals surface area contributed by atoms with E-state index in [1.165, 1.54) is 36.1 Å². The van der Waals surface area contributed by atoms with Gasteiger partial charge in [0.2, 0.25) is 0 Å². The van der Waals surface area contributed by atoms with Crippen molar-refractivity contribution in [3.05, 3.63) is 64.5 Å². The number of rotatable bonds is 4. The second kappa shape index (κ2) is 5.84. The Kier molecular flexibility index (Phi) is 3.93. The lowest BCUT2D eigenvalue weighted by Gasteiger charge is -2.09. The minimum Gasteiger partial charge on any atom is -0.489 e. The van der Waals surface area contributed by atoms with Crippen LogP contribution in [0.15, 0.2) is 36.4 Å². The van der Waals surface area contributed by atoms with Gasteiger partial charge in [-0.15, -0.1) is 11.6 Å². The molecule has 0 saturated carbocycles. The van der Waals surface area contributed by atoms with Crippen molar-refractivity contribution in [2.24, 2.45) is 0 Å². The van der Waals surface area contributed by atoms with Crippen LogP contribution >= 0.6 is 11.6 Å². The fourth-order valence-corrected chi connectivity index (χ4v) is 2.82. The van der Waals surface area contributed by atoms with Gasteiger partial charge in [-0.25, -0.2) is 4.39 Å². The summed E-state index contributed by atoms with van der Waals surface area (Å²) in [6.45, 7) is 0.457. The third-order valence-corrected chi connectivity index (χ3v) is 3.96. The van der Waals surface area contributed by atoms with Crippen LogP contribution in [-0.2, 0) is 25.3 Å². The van der Waals surface area contributed by atoms with Crippen molar-refractivity contribution in [3.8, 4) is 5.75 Å². The van der Waals surface area contributed by atoms with E-state index in [1.54, 1.807) is 6.07 Å². The van der Waals surface area contributed by atoms with Crippen LogP contribution in [0.1, 0.15) is 28.7 Å². The number of fused-ring (bicyclic) bond motifs is 1. The van der Waals surface area contributed by atoms with E-state index in [0.717, 1.165) is 17.5 Å². The third kappa shape index (κ3) is 2.96. The van der Waals surface area contributed by atoms with Crippen molar-refractivity contribution < 1.29 is 9.13 Å². The molecule has 104 valence electrons. The zero-order valence-corrected chi connectivity index (χ0v) is 11.9. The Morgan fingerprint density at radius 1 is 1.00 bits per heavy atom. The van der Waals surface area contributed by atoms with E-state index in [0.29, 0.717) is 12.4 Å². The molecule has 0 unspecified atom stereocenters. The average molecular weight is 291 g/mol. The van der Waals surface area contributed by atoms with Crippen molar-refractivity contribution in [1.29, 1.82) is 0 Å². The number of alkyl halides is 1. The zero-order chi connectivity index (χ0) is 13.9. The summed E-state index contributed by atoms with van der Waals surface area (Å²) in [4.78, 5) is 0. The Bertz CT molecular complexity index is 624. The molecule has 0 amide bonds. The summed E-state index contributed by atoms with van der Waals surface area (Å²) < 4.78 is 19.1. The summed E-state index contributed by atoms with van der Waals surface area (Å²) in [5.74, 6) is 0.501. The molecule has 2 aromatic carbocycles. The Morgan fingerprint density at radius 2 is 1.85 bits per heavy atom. The molecule has 2 aromatic rings. The topological polar surface area (TPSA) is 9.23 Å². The summed E-state index contributed by atoms with van der Waals surface area (Å²) in [7, 11) is 0. The van der Waals surface area contributed by atoms with Crippen LogP contribution in [0.4, 0.5) is 4.39 Å². The minimum atomic E-state index is -0.313.